The highest BCUT2D eigenvalue weighted by atomic mass is 16.5. The fourth-order valence-corrected chi connectivity index (χ4v) is 3.64. The third-order valence-electron chi connectivity index (χ3n) is 5.05. The van der Waals surface area contributed by atoms with Gasteiger partial charge in [-0.1, -0.05) is 42.5 Å². The van der Waals surface area contributed by atoms with Gasteiger partial charge in [0.15, 0.2) is 0 Å². The van der Waals surface area contributed by atoms with E-state index >= 15 is 0 Å². The standard InChI is InChI=1S/C22H22N2O3/c1-15-8-9-16(2)18(14-15)24-21(25)19(17-6-4-3-5-7-17)20(22(24)26)23-10-12-27-13-11-23/h3-9,14H,10-13H2,1-2H3. The van der Waals surface area contributed by atoms with E-state index in [1.807, 2.05) is 67.3 Å². The molecule has 1 saturated heterocycles. The van der Waals surface area contributed by atoms with Crippen LogP contribution >= 0.6 is 0 Å². The Morgan fingerprint density at radius 3 is 2.30 bits per heavy atom. The molecule has 5 nitrogen and oxygen atoms in total. The Morgan fingerprint density at radius 2 is 1.59 bits per heavy atom. The number of benzene rings is 2. The summed E-state index contributed by atoms with van der Waals surface area (Å²) in [5, 5.41) is 0. The first kappa shape index (κ1) is 17.5. The summed E-state index contributed by atoms with van der Waals surface area (Å²) in [6.45, 7) is 6.19. The minimum atomic E-state index is -0.263. The van der Waals surface area contributed by atoms with E-state index in [0.29, 0.717) is 43.3 Å². The number of hydrogen-bond acceptors (Lipinski definition) is 4. The van der Waals surface area contributed by atoms with Gasteiger partial charge < -0.3 is 9.64 Å². The van der Waals surface area contributed by atoms with Crippen LogP contribution in [-0.2, 0) is 14.3 Å². The molecule has 0 unspecified atom stereocenters. The van der Waals surface area contributed by atoms with Crippen molar-refractivity contribution in [3.63, 3.8) is 0 Å². The Labute approximate surface area is 158 Å². The number of hydrogen-bond donors (Lipinski definition) is 0. The lowest BCUT2D eigenvalue weighted by molar-refractivity contribution is -0.121. The molecule has 0 atom stereocenters. The van der Waals surface area contributed by atoms with Crippen LogP contribution in [0.3, 0.4) is 0 Å². The molecular weight excluding hydrogens is 340 g/mol. The molecule has 2 aromatic carbocycles. The van der Waals surface area contributed by atoms with Crippen molar-refractivity contribution in [1.82, 2.24) is 4.90 Å². The first-order valence-electron chi connectivity index (χ1n) is 9.16. The van der Waals surface area contributed by atoms with Crippen molar-refractivity contribution < 1.29 is 14.3 Å². The van der Waals surface area contributed by atoms with Gasteiger partial charge in [-0.2, -0.15) is 0 Å². The lowest BCUT2D eigenvalue weighted by atomic mass is 10.0. The monoisotopic (exact) mass is 362 g/mol. The normalized spacial score (nSPS) is 17.9. The van der Waals surface area contributed by atoms with Gasteiger partial charge in [0.25, 0.3) is 11.8 Å². The maximum absolute atomic E-state index is 13.4. The third kappa shape index (κ3) is 3.04. The Balaban J connectivity index is 1.85. The highest BCUT2D eigenvalue weighted by Gasteiger charge is 2.43. The summed E-state index contributed by atoms with van der Waals surface area (Å²) in [5.41, 5.74) is 4.29. The lowest BCUT2D eigenvalue weighted by Crippen LogP contribution is -2.40. The molecular formula is C22H22N2O3. The second kappa shape index (κ2) is 7.00. The van der Waals surface area contributed by atoms with Crippen molar-refractivity contribution in [3.05, 3.63) is 70.9 Å². The smallest absolute Gasteiger partial charge is 0.282 e. The van der Waals surface area contributed by atoms with E-state index in [1.165, 1.54) is 4.90 Å². The number of anilines is 1. The molecule has 27 heavy (non-hydrogen) atoms. The molecule has 0 bridgehead atoms. The zero-order chi connectivity index (χ0) is 19.0. The Bertz CT molecular complexity index is 928. The number of morpholine rings is 1. The minimum Gasteiger partial charge on any atom is -0.378 e. The van der Waals surface area contributed by atoms with E-state index in [9.17, 15) is 9.59 Å². The minimum absolute atomic E-state index is 0.255. The summed E-state index contributed by atoms with van der Waals surface area (Å²) >= 11 is 0. The van der Waals surface area contributed by atoms with Crippen LogP contribution in [0, 0.1) is 13.8 Å². The highest BCUT2D eigenvalue weighted by molar-refractivity contribution is 6.45. The highest BCUT2D eigenvalue weighted by Crippen LogP contribution is 2.36. The maximum atomic E-state index is 13.4. The van der Waals surface area contributed by atoms with Gasteiger partial charge in [-0.05, 0) is 36.6 Å². The van der Waals surface area contributed by atoms with Gasteiger partial charge in [-0.3, -0.25) is 9.59 Å². The van der Waals surface area contributed by atoms with Crippen molar-refractivity contribution in [3.8, 4) is 0 Å². The van der Waals surface area contributed by atoms with Crippen LogP contribution in [0.5, 0.6) is 0 Å². The van der Waals surface area contributed by atoms with Gasteiger partial charge in [0.2, 0.25) is 0 Å². The number of rotatable bonds is 3. The molecule has 138 valence electrons. The average molecular weight is 362 g/mol. The zero-order valence-corrected chi connectivity index (χ0v) is 15.6. The van der Waals surface area contributed by atoms with E-state index in [-0.39, 0.29) is 11.8 Å². The summed E-state index contributed by atoms with van der Waals surface area (Å²) in [5.74, 6) is -0.518. The molecule has 2 amide bonds. The van der Waals surface area contributed by atoms with Crippen LogP contribution in [0.1, 0.15) is 16.7 Å². The molecule has 0 aliphatic carbocycles. The Morgan fingerprint density at radius 1 is 0.889 bits per heavy atom. The summed E-state index contributed by atoms with van der Waals surface area (Å²) in [6, 6.07) is 15.3. The van der Waals surface area contributed by atoms with Gasteiger partial charge in [-0.15, -0.1) is 0 Å². The van der Waals surface area contributed by atoms with Crippen LogP contribution in [0.25, 0.3) is 5.57 Å². The van der Waals surface area contributed by atoms with Crippen LogP contribution < -0.4 is 4.90 Å². The number of nitrogens with zero attached hydrogens (tertiary/aromatic N) is 2. The van der Waals surface area contributed by atoms with Crippen molar-refractivity contribution >= 4 is 23.1 Å². The number of ether oxygens (including phenoxy) is 1. The SMILES string of the molecule is Cc1ccc(C)c(N2C(=O)C(c3ccccc3)=C(N3CCOCC3)C2=O)c1. The van der Waals surface area contributed by atoms with Gasteiger partial charge in [0.05, 0.1) is 24.5 Å². The summed E-state index contributed by atoms with van der Waals surface area (Å²) < 4.78 is 5.43. The number of amides is 2. The molecule has 5 heteroatoms. The molecule has 0 spiro atoms. The molecule has 4 rings (SSSR count). The third-order valence-corrected chi connectivity index (χ3v) is 5.05. The molecule has 2 heterocycles. The predicted octanol–water partition coefficient (Wildman–Crippen LogP) is 2.92. The number of imide groups is 1. The van der Waals surface area contributed by atoms with Crippen molar-refractivity contribution in [2.45, 2.75) is 13.8 Å². The number of carbonyl (C=O) groups excluding carboxylic acids is 2. The van der Waals surface area contributed by atoms with Crippen LogP contribution in [-0.4, -0.2) is 43.0 Å². The van der Waals surface area contributed by atoms with Gasteiger partial charge in [0, 0.05) is 13.1 Å². The van der Waals surface area contributed by atoms with Crippen LogP contribution in [0.2, 0.25) is 0 Å². The molecule has 2 aliphatic heterocycles. The summed E-state index contributed by atoms with van der Waals surface area (Å²) in [6.07, 6.45) is 0. The predicted molar refractivity (Wildman–Crippen MR) is 104 cm³/mol. The van der Waals surface area contributed by atoms with E-state index < -0.39 is 0 Å². The van der Waals surface area contributed by atoms with Gasteiger partial charge in [0.1, 0.15) is 5.70 Å². The second-order valence-corrected chi connectivity index (χ2v) is 6.92. The zero-order valence-electron chi connectivity index (χ0n) is 15.6. The number of carbonyl (C=O) groups is 2. The van der Waals surface area contributed by atoms with Crippen LogP contribution in [0.15, 0.2) is 54.2 Å². The van der Waals surface area contributed by atoms with E-state index in [4.69, 9.17) is 4.74 Å². The Kier molecular flexibility index (Phi) is 4.54. The topological polar surface area (TPSA) is 49.9 Å². The van der Waals surface area contributed by atoms with Gasteiger partial charge >= 0.3 is 0 Å². The Hall–Kier alpha value is -2.92. The molecule has 2 aromatic rings. The number of aryl methyl sites for hydroxylation is 2. The summed E-state index contributed by atoms with van der Waals surface area (Å²) in [7, 11) is 0. The second-order valence-electron chi connectivity index (χ2n) is 6.92. The first-order valence-corrected chi connectivity index (χ1v) is 9.16. The fourth-order valence-electron chi connectivity index (χ4n) is 3.64. The maximum Gasteiger partial charge on any atom is 0.282 e. The molecule has 0 N–H and O–H groups in total. The quantitative estimate of drug-likeness (QED) is 0.788. The molecule has 2 aliphatic rings. The van der Waals surface area contributed by atoms with E-state index in [2.05, 4.69) is 0 Å². The lowest BCUT2D eigenvalue weighted by Gasteiger charge is -2.29. The first-order chi connectivity index (χ1) is 13.1. The fraction of sp³-hybridized carbons (Fsp3) is 0.273. The van der Waals surface area contributed by atoms with Crippen LogP contribution in [0.4, 0.5) is 5.69 Å². The van der Waals surface area contributed by atoms with Crippen molar-refractivity contribution in [1.29, 1.82) is 0 Å². The largest absolute Gasteiger partial charge is 0.378 e. The van der Waals surface area contributed by atoms with E-state index in [1.54, 1.807) is 0 Å². The molecule has 0 aromatic heterocycles. The molecule has 0 radical (unpaired) electrons. The van der Waals surface area contributed by atoms with E-state index in [0.717, 1.165) is 16.7 Å². The van der Waals surface area contributed by atoms with Crippen molar-refractivity contribution in [2.75, 3.05) is 31.2 Å². The van der Waals surface area contributed by atoms with Crippen molar-refractivity contribution in [2.24, 2.45) is 0 Å². The molecule has 0 saturated carbocycles. The van der Waals surface area contributed by atoms with Gasteiger partial charge in [-0.25, -0.2) is 4.90 Å². The summed E-state index contributed by atoms with van der Waals surface area (Å²) in [4.78, 5) is 30.2. The molecule has 1 fully saturated rings. The average Bonchev–Trinajstić information content (AvgIpc) is 2.95.